The van der Waals surface area contributed by atoms with E-state index in [0.717, 1.165) is 18.4 Å². The molecule has 0 radical (unpaired) electrons. The van der Waals surface area contributed by atoms with Crippen LogP contribution in [0.1, 0.15) is 35.4 Å². The largest absolute Gasteiger partial charge is 0.497 e. The molecule has 8 heteroatoms. The van der Waals surface area contributed by atoms with Crippen LogP contribution in [-0.4, -0.2) is 50.0 Å². The number of aliphatic hydroxyl groups is 1. The van der Waals surface area contributed by atoms with Gasteiger partial charge >= 0.3 is 0 Å². The molecule has 2 N–H and O–H groups in total. The van der Waals surface area contributed by atoms with Gasteiger partial charge in [0, 0.05) is 24.2 Å². The van der Waals surface area contributed by atoms with Gasteiger partial charge < -0.3 is 34.3 Å². The molecule has 200 valence electrons. The Kier molecular flexibility index (Phi) is 5.16. The lowest BCUT2D eigenvalue weighted by atomic mass is 9.69. The summed E-state index contributed by atoms with van der Waals surface area (Å²) in [5.41, 5.74) is -0.156. The summed E-state index contributed by atoms with van der Waals surface area (Å²) in [6.07, 6.45) is 1.50. The van der Waals surface area contributed by atoms with Crippen molar-refractivity contribution in [2.24, 2.45) is 0 Å². The summed E-state index contributed by atoms with van der Waals surface area (Å²) in [6, 6.07) is 20.8. The van der Waals surface area contributed by atoms with E-state index in [4.69, 9.17) is 18.9 Å². The van der Waals surface area contributed by atoms with Gasteiger partial charge in [-0.15, -0.1) is 0 Å². The highest BCUT2D eigenvalue weighted by Crippen LogP contribution is 2.70. The second-order valence-electron chi connectivity index (χ2n) is 10.4. The van der Waals surface area contributed by atoms with E-state index in [1.807, 2.05) is 59.5 Å². The van der Waals surface area contributed by atoms with Crippen LogP contribution in [0.3, 0.4) is 0 Å². The van der Waals surface area contributed by atoms with E-state index >= 15 is 0 Å². The first-order valence-electron chi connectivity index (χ1n) is 13.2. The maximum Gasteiger partial charge on any atom is 0.254 e. The van der Waals surface area contributed by atoms with E-state index in [2.05, 4.69) is 5.32 Å². The minimum absolute atomic E-state index is 0.0755. The molecule has 1 saturated heterocycles. The molecule has 3 aromatic rings. The Labute approximate surface area is 226 Å². The fourth-order valence-electron chi connectivity index (χ4n) is 7.05. The van der Waals surface area contributed by atoms with Crippen LogP contribution in [0, 0.1) is 0 Å². The standard InChI is InChI=1S/C31H30N2O6/c1-36-20-13-11-19(12-14-20)31-26(18-8-5-4-6-9-18)25-28(32-24-10-7-15-33(24)29(25)34)30(31,35)27-22(38-3)16-21(37-2)17-23(27)39-31/h4-6,8-9,11-14,16-17,24,26,32,35H,7,10,15H2,1-3H3/t24-,26+,30-,31-/m0/s1. The number of carbonyl (C=O) groups is 1. The Morgan fingerprint density at radius 3 is 2.41 bits per heavy atom. The third-order valence-electron chi connectivity index (χ3n) is 8.70. The summed E-state index contributed by atoms with van der Waals surface area (Å²) >= 11 is 0. The van der Waals surface area contributed by atoms with E-state index in [9.17, 15) is 9.90 Å². The number of methoxy groups -OCH3 is 3. The molecule has 3 aromatic carbocycles. The van der Waals surface area contributed by atoms with Crippen molar-refractivity contribution in [1.29, 1.82) is 0 Å². The summed E-state index contributed by atoms with van der Waals surface area (Å²) in [4.78, 5) is 16.2. The van der Waals surface area contributed by atoms with Gasteiger partial charge in [-0.1, -0.05) is 42.5 Å². The van der Waals surface area contributed by atoms with Crippen molar-refractivity contribution >= 4 is 5.91 Å². The number of nitrogens with zero attached hydrogens (tertiary/aromatic N) is 1. The van der Waals surface area contributed by atoms with Gasteiger partial charge in [0.2, 0.25) is 0 Å². The second kappa shape index (κ2) is 8.41. The molecule has 0 unspecified atom stereocenters. The minimum Gasteiger partial charge on any atom is -0.497 e. The molecule has 1 amide bonds. The van der Waals surface area contributed by atoms with Crippen molar-refractivity contribution in [3.8, 4) is 23.0 Å². The highest BCUT2D eigenvalue weighted by atomic mass is 16.5. The van der Waals surface area contributed by atoms with Crippen LogP contribution >= 0.6 is 0 Å². The molecular formula is C31H30N2O6. The quantitative estimate of drug-likeness (QED) is 0.523. The molecule has 1 fully saturated rings. The van der Waals surface area contributed by atoms with Crippen LogP contribution in [0.4, 0.5) is 0 Å². The van der Waals surface area contributed by atoms with Gasteiger partial charge in [-0.25, -0.2) is 0 Å². The third-order valence-corrected chi connectivity index (χ3v) is 8.70. The minimum atomic E-state index is -1.77. The lowest BCUT2D eigenvalue weighted by molar-refractivity contribution is -0.129. The van der Waals surface area contributed by atoms with Gasteiger partial charge in [0.15, 0.2) is 11.2 Å². The average Bonchev–Trinajstić information content (AvgIpc) is 3.62. The predicted molar refractivity (Wildman–Crippen MR) is 143 cm³/mol. The Balaban J connectivity index is 1.59. The molecule has 3 aliphatic heterocycles. The average molecular weight is 527 g/mol. The molecule has 4 atom stereocenters. The SMILES string of the molecule is COc1ccc([C@@]23Oc4cc(OC)cc(OC)c4[C@]2(O)C2=C(C(=O)N4CCC[C@H]4N2)[C@H]3c2ccccc2)cc1. The molecule has 1 aliphatic carbocycles. The first kappa shape index (κ1) is 23.9. The molecule has 0 spiro atoms. The summed E-state index contributed by atoms with van der Waals surface area (Å²) in [7, 11) is 4.75. The van der Waals surface area contributed by atoms with Crippen molar-refractivity contribution in [2.75, 3.05) is 27.9 Å². The maximum absolute atomic E-state index is 14.3. The molecule has 3 heterocycles. The normalized spacial score (nSPS) is 28.2. The first-order chi connectivity index (χ1) is 19.0. The van der Waals surface area contributed by atoms with Crippen LogP contribution in [0.2, 0.25) is 0 Å². The van der Waals surface area contributed by atoms with Gasteiger partial charge in [-0.2, -0.15) is 0 Å². The molecule has 7 rings (SSSR count). The monoisotopic (exact) mass is 526 g/mol. The van der Waals surface area contributed by atoms with Gasteiger partial charge in [0.25, 0.3) is 5.91 Å². The Morgan fingerprint density at radius 2 is 1.72 bits per heavy atom. The van der Waals surface area contributed by atoms with E-state index in [-0.39, 0.29) is 12.1 Å². The van der Waals surface area contributed by atoms with E-state index < -0.39 is 17.1 Å². The number of amides is 1. The second-order valence-corrected chi connectivity index (χ2v) is 10.4. The summed E-state index contributed by atoms with van der Waals surface area (Å²) in [5, 5.41) is 16.9. The van der Waals surface area contributed by atoms with Gasteiger partial charge in [0.05, 0.1) is 44.1 Å². The van der Waals surface area contributed by atoms with Crippen molar-refractivity contribution in [2.45, 2.75) is 36.1 Å². The number of benzene rings is 3. The zero-order chi connectivity index (χ0) is 26.9. The predicted octanol–water partition coefficient (Wildman–Crippen LogP) is 3.79. The van der Waals surface area contributed by atoms with Gasteiger partial charge in [-0.3, -0.25) is 4.79 Å². The molecular weight excluding hydrogens is 496 g/mol. The highest BCUT2D eigenvalue weighted by Gasteiger charge is 2.75. The molecule has 0 bridgehead atoms. The molecule has 0 saturated carbocycles. The summed E-state index contributed by atoms with van der Waals surface area (Å²) in [5.74, 6) is 1.38. The maximum atomic E-state index is 14.3. The van der Waals surface area contributed by atoms with E-state index in [0.29, 0.717) is 51.9 Å². The Morgan fingerprint density at radius 1 is 0.974 bits per heavy atom. The van der Waals surface area contributed by atoms with Crippen LogP contribution in [0.25, 0.3) is 0 Å². The fourth-order valence-corrected chi connectivity index (χ4v) is 7.05. The number of rotatable bonds is 5. The topological polar surface area (TPSA) is 89.5 Å². The Bertz CT molecular complexity index is 1500. The van der Waals surface area contributed by atoms with Crippen molar-refractivity contribution in [1.82, 2.24) is 10.2 Å². The zero-order valence-electron chi connectivity index (χ0n) is 22.1. The lowest BCUT2D eigenvalue weighted by Gasteiger charge is -2.41. The third kappa shape index (κ3) is 2.95. The number of ether oxygens (including phenoxy) is 4. The van der Waals surface area contributed by atoms with Gasteiger partial charge in [0.1, 0.15) is 29.2 Å². The van der Waals surface area contributed by atoms with Crippen molar-refractivity contribution < 1.29 is 28.8 Å². The molecule has 39 heavy (non-hydrogen) atoms. The smallest absolute Gasteiger partial charge is 0.254 e. The molecule has 0 aromatic heterocycles. The fraction of sp³-hybridized carbons (Fsp3) is 0.323. The van der Waals surface area contributed by atoms with Crippen molar-refractivity contribution in [3.63, 3.8) is 0 Å². The van der Waals surface area contributed by atoms with Gasteiger partial charge in [-0.05, 0) is 30.5 Å². The van der Waals surface area contributed by atoms with Crippen LogP contribution in [-0.2, 0) is 16.0 Å². The van der Waals surface area contributed by atoms with E-state index in [1.165, 1.54) is 0 Å². The number of carbonyl (C=O) groups excluding carboxylic acids is 1. The van der Waals surface area contributed by atoms with Crippen molar-refractivity contribution in [3.05, 3.63) is 94.7 Å². The van der Waals surface area contributed by atoms with Crippen LogP contribution in [0.15, 0.2) is 78.0 Å². The summed E-state index contributed by atoms with van der Waals surface area (Å²) < 4.78 is 23.8. The zero-order valence-corrected chi connectivity index (χ0v) is 22.1. The number of fused-ring (bicyclic) bond motifs is 5. The van der Waals surface area contributed by atoms with E-state index in [1.54, 1.807) is 33.5 Å². The lowest BCUT2D eigenvalue weighted by Crippen LogP contribution is -2.54. The first-order valence-corrected chi connectivity index (χ1v) is 13.2. The number of hydrogen-bond donors (Lipinski definition) is 2. The van der Waals surface area contributed by atoms with Crippen LogP contribution < -0.4 is 24.3 Å². The number of hydrogen-bond acceptors (Lipinski definition) is 7. The molecule has 8 nitrogen and oxygen atoms in total. The molecule has 4 aliphatic rings. The summed E-state index contributed by atoms with van der Waals surface area (Å²) in [6.45, 7) is 0.667. The number of nitrogens with one attached hydrogen (secondary N) is 1. The highest BCUT2D eigenvalue weighted by molar-refractivity contribution is 6.00. The van der Waals surface area contributed by atoms with Crippen LogP contribution in [0.5, 0.6) is 23.0 Å². The Hall–Kier alpha value is -4.17.